The van der Waals surface area contributed by atoms with E-state index in [1.165, 1.54) is 4.88 Å². The molecule has 2 aromatic rings. The van der Waals surface area contributed by atoms with Crippen molar-refractivity contribution in [2.45, 2.75) is 26.7 Å². The fraction of sp³-hybridized carbons (Fsp3) is 0.455. The van der Waals surface area contributed by atoms with Crippen LogP contribution in [0, 0.1) is 0 Å². The molecule has 0 saturated carbocycles. The number of halogens is 1. The van der Waals surface area contributed by atoms with Crippen LogP contribution in [0.1, 0.15) is 25.1 Å². The SMILES string of the molecule is CCCNc1nc(Cl)c2cc(CC)sc2n1. The van der Waals surface area contributed by atoms with Gasteiger partial charge in [0.1, 0.15) is 9.98 Å². The van der Waals surface area contributed by atoms with Crippen LogP contribution in [0.5, 0.6) is 0 Å². The monoisotopic (exact) mass is 255 g/mol. The van der Waals surface area contributed by atoms with E-state index in [4.69, 9.17) is 11.6 Å². The molecule has 0 aliphatic heterocycles. The molecule has 0 fully saturated rings. The highest BCUT2D eigenvalue weighted by Gasteiger charge is 2.09. The van der Waals surface area contributed by atoms with Gasteiger partial charge in [0.15, 0.2) is 0 Å². The number of anilines is 1. The molecule has 86 valence electrons. The molecule has 2 aromatic heterocycles. The van der Waals surface area contributed by atoms with E-state index in [1.54, 1.807) is 11.3 Å². The van der Waals surface area contributed by atoms with Crippen LogP contribution in [0.3, 0.4) is 0 Å². The highest BCUT2D eigenvalue weighted by molar-refractivity contribution is 7.18. The maximum absolute atomic E-state index is 6.13. The van der Waals surface area contributed by atoms with Gasteiger partial charge < -0.3 is 5.32 Å². The fourth-order valence-corrected chi connectivity index (χ4v) is 2.67. The van der Waals surface area contributed by atoms with E-state index in [0.717, 1.165) is 29.6 Å². The van der Waals surface area contributed by atoms with Gasteiger partial charge in [0.05, 0.1) is 0 Å². The lowest BCUT2D eigenvalue weighted by Crippen LogP contribution is -2.03. The average Bonchev–Trinajstić information content (AvgIpc) is 2.70. The van der Waals surface area contributed by atoms with Gasteiger partial charge in [0.25, 0.3) is 0 Å². The second-order valence-corrected chi connectivity index (χ2v) is 5.02. The lowest BCUT2D eigenvalue weighted by Gasteiger charge is -2.02. The number of rotatable bonds is 4. The molecule has 0 aromatic carbocycles. The summed E-state index contributed by atoms with van der Waals surface area (Å²) in [5, 5.41) is 4.66. The zero-order valence-corrected chi connectivity index (χ0v) is 11.0. The maximum atomic E-state index is 6.13. The van der Waals surface area contributed by atoms with Crippen LogP contribution in [0.2, 0.25) is 5.15 Å². The van der Waals surface area contributed by atoms with E-state index in [9.17, 15) is 0 Å². The summed E-state index contributed by atoms with van der Waals surface area (Å²) in [4.78, 5) is 10.9. The minimum absolute atomic E-state index is 0.541. The van der Waals surface area contributed by atoms with E-state index in [2.05, 4.69) is 35.2 Å². The smallest absolute Gasteiger partial charge is 0.225 e. The van der Waals surface area contributed by atoms with Gasteiger partial charge in [-0.05, 0) is 18.9 Å². The molecule has 0 atom stereocenters. The maximum Gasteiger partial charge on any atom is 0.225 e. The molecule has 0 unspecified atom stereocenters. The molecule has 5 heteroatoms. The number of hydrogen-bond donors (Lipinski definition) is 1. The largest absolute Gasteiger partial charge is 0.354 e. The van der Waals surface area contributed by atoms with E-state index in [-0.39, 0.29) is 0 Å². The Hall–Kier alpha value is -0.870. The Morgan fingerprint density at radius 2 is 2.19 bits per heavy atom. The van der Waals surface area contributed by atoms with Crippen molar-refractivity contribution < 1.29 is 0 Å². The van der Waals surface area contributed by atoms with Crippen molar-refractivity contribution in [3.05, 3.63) is 16.1 Å². The number of thiophene rings is 1. The predicted molar refractivity (Wildman–Crippen MR) is 70.6 cm³/mol. The highest BCUT2D eigenvalue weighted by atomic mass is 35.5. The normalized spacial score (nSPS) is 10.9. The Morgan fingerprint density at radius 1 is 1.38 bits per heavy atom. The number of nitrogens with zero attached hydrogens (tertiary/aromatic N) is 2. The van der Waals surface area contributed by atoms with Crippen molar-refractivity contribution in [1.82, 2.24) is 9.97 Å². The Kier molecular flexibility index (Phi) is 3.61. The van der Waals surface area contributed by atoms with Gasteiger partial charge in [-0.1, -0.05) is 25.4 Å². The molecule has 0 amide bonds. The standard InChI is InChI=1S/C11H14ClN3S/c1-3-5-13-11-14-9(12)8-6-7(4-2)16-10(8)15-11/h6H,3-5H2,1-2H3,(H,13,14,15). The van der Waals surface area contributed by atoms with Crippen LogP contribution >= 0.6 is 22.9 Å². The minimum Gasteiger partial charge on any atom is -0.354 e. The van der Waals surface area contributed by atoms with Crippen molar-refractivity contribution in [1.29, 1.82) is 0 Å². The number of fused-ring (bicyclic) bond motifs is 1. The number of aromatic nitrogens is 2. The van der Waals surface area contributed by atoms with Gasteiger partial charge in [-0.25, -0.2) is 9.97 Å². The third-order valence-electron chi connectivity index (χ3n) is 2.28. The Labute approximate surface area is 104 Å². The van der Waals surface area contributed by atoms with Crippen LogP contribution in [0.25, 0.3) is 10.2 Å². The number of nitrogens with one attached hydrogen (secondary N) is 1. The van der Waals surface area contributed by atoms with Gasteiger partial charge in [-0.2, -0.15) is 0 Å². The fourth-order valence-electron chi connectivity index (χ4n) is 1.43. The quantitative estimate of drug-likeness (QED) is 0.846. The molecular weight excluding hydrogens is 242 g/mol. The molecule has 0 bridgehead atoms. The number of aryl methyl sites for hydroxylation is 1. The Bertz CT molecular complexity index is 495. The second kappa shape index (κ2) is 4.97. The summed E-state index contributed by atoms with van der Waals surface area (Å²) in [5.74, 6) is 0.629. The van der Waals surface area contributed by atoms with E-state index in [1.807, 2.05) is 0 Å². The van der Waals surface area contributed by atoms with E-state index >= 15 is 0 Å². The molecule has 0 spiro atoms. The zero-order valence-electron chi connectivity index (χ0n) is 9.38. The first kappa shape index (κ1) is 11.6. The molecule has 16 heavy (non-hydrogen) atoms. The van der Waals surface area contributed by atoms with Gasteiger partial charge >= 0.3 is 0 Å². The van der Waals surface area contributed by atoms with Crippen molar-refractivity contribution >= 4 is 39.1 Å². The van der Waals surface area contributed by atoms with Gasteiger partial charge in [0.2, 0.25) is 5.95 Å². The van der Waals surface area contributed by atoms with Crippen molar-refractivity contribution in [2.24, 2.45) is 0 Å². The topological polar surface area (TPSA) is 37.8 Å². The molecule has 0 aliphatic rings. The number of hydrogen-bond acceptors (Lipinski definition) is 4. The average molecular weight is 256 g/mol. The molecule has 0 saturated heterocycles. The van der Waals surface area contributed by atoms with Crippen LogP contribution < -0.4 is 5.32 Å². The lowest BCUT2D eigenvalue weighted by molar-refractivity contribution is 0.958. The van der Waals surface area contributed by atoms with E-state index in [0.29, 0.717) is 11.1 Å². The summed E-state index contributed by atoms with van der Waals surface area (Å²) in [6.07, 6.45) is 2.05. The summed E-state index contributed by atoms with van der Waals surface area (Å²) >= 11 is 7.81. The Morgan fingerprint density at radius 3 is 2.88 bits per heavy atom. The van der Waals surface area contributed by atoms with Crippen molar-refractivity contribution in [3.8, 4) is 0 Å². The van der Waals surface area contributed by atoms with Gasteiger partial charge in [0, 0.05) is 16.8 Å². The molecular formula is C11H14ClN3S. The highest BCUT2D eigenvalue weighted by Crippen LogP contribution is 2.29. The first-order valence-corrected chi connectivity index (χ1v) is 6.63. The zero-order chi connectivity index (χ0) is 11.5. The minimum atomic E-state index is 0.541. The summed E-state index contributed by atoms with van der Waals surface area (Å²) in [6.45, 7) is 5.10. The molecule has 1 N–H and O–H groups in total. The summed E-state index contributed by atoms with van der Waals surface area (Å²) in [7, 11) is 0. The van der Waals surface area contributed by atoms with Crippen LogP contribution in [0.4, 0.5) is 5.95 Å². The molecule has 0 radical (unpaired) electrons. The molecule has 2 heterocycles. The predicted octanol–water partition coefficient (Wildman–Crippen LogP) is 3.73. The third-order valence-corrected chi connectivity index (χ3v) is 3.74. The van der Waals surface area contributed by atoms with Crippen molar-refractivity contribution in [2.75, 3.05) is 11.9 Å². The molecule has 0 aliphatic carbocycles. The first-order valence-electron chi connectivity index (χ1n) is 5.44. The van der Waals surface area contributed by atoms with Crippen LogP contribution in [-0.2, 0) is 6.42 Å². The second-order valence-electron chi connectivity index (χ2n) is 3.55. The van der Waals surface area contributed by atoms with Gasteiger partial charge in [-0.3, -0.25) is 0 Å². The van der Waals surface area contributed by atoms with Crippen molar-refractivity contribution in [3.63, 3.8) is 0 Å². The lowest BCUT2D eigenvalue weighted by atomic mass is 10.3. The third kappa shape index (κ3) is 2.28. The van der Waals surface area contributed by atoms with Crippen LogP contribution in [0.15, 0.2) is 6.07 Å². The summed E-state index contributed by atoms with van der Waals surface area (Å²) in [5.41, 5.74) is 0. The van der Waals surface area contributed by atoms with E-state index < -0.39 is 0 Å². The molecule has 3 nitrogen and oxygen atoms in total. The van der Waals surface area contributed by atoms with Crippen LogP contribution in [-0.4, -0.2) is 16.5 Å². The Balaban J connectivity index is 2.40. The van der Waals surface area contributed by atoms with Gasteiger partial charge in [-0.15, -0.1) is 11.3 Å². The first-order chi connectivity index (χ1) is 7.74. The molecule has 2 rings (SSSR count). The summed E-state index contributed by atoms with van der Waals surface area (Å²) < 4.78 is 0. The summed E-state index contributed by atoms with van der Waals surface area (Å²) in [6, 6.07) is 2.08.